The normalized spacial score (nSPS) is 12.7. The molecule has 0 aliphatic heterocycles. The van der Waals surface area contributed by atoms with Crippen molar-refractivity contribution >= 4 is 5.97 Å². The van der Waals surface area contributed by atoms with E-state index in [-0.39, 0.29) is 11.3 Å². The van der Waals surface area contributed by atoms with Gasteiger partial charge in [-0.3, -0.25) is 4.79 Å². The minimum atomic E-state index is -0.699. The van der Waals surface area contributed by atoms with Crippen LogP contribution in [-0.2, 0) is 16.6 Å². The van der Waals surface area contributed by atoms with E-state index in [0.717, 1.165) is 36.0 Å². The molecule has 0 amide bonds. The van der Waals surface area contributed by atoms with Crippen molar-refractivity contribution in [3.63, 3.8) is 0 Å². The van der Waals surface area contributed by atoms with Gasteiger partial charge in [-0.2, -0.15) is 0 Å². The highest BCUT2D eigenvalue weighted by molar-refractivity contribution is 5.70. The van der Waals surface area contributed by atoms with Crippen LogP contribution >= 0.6 is 0 Å². The Morgan fingerprint density at radius 3 is 1.51 bits per heavy atom. The fraction of sp³-hybridized carbons (Fsp3) is 0.794. The largest absolute Gasteiger partial charge is 0.507 e. The summed E-state index contributed by atoms with van der Waals surface area (Å²) in [7, 11) is 0. The van der Waals surface area contributed by atoms with E-state index in [9.17, 15) is 15.0 Å². The molecular formula is C34H60O3. The van der Waals surface area contributed by atoms with Gasteiger partial charge in [0.15, 0.2) is 0 Å². The van der Waals surface area contributed by atoms with Gasteiger partial charge in [0.2, 0.25) is 0 Å². The Kier molecular flexibility index (Phi) is 17.7. The molecular weight excluding hydrogens is 456 g/mol. The number of aromatic hydroxyl groups is 1. The summed E-state index contributed by atoms with van der Waals surface area (Å²) >= 11 is 0. The number of phenolic OH excluding ortho intramolecular Hbond substituents is 1. The lowest BCUT2D eigenvalue weighted by atomic mass is 9.82. The van der Waals surface area contributed by atoms with Crippen LogP contribution in [0.2, 0.25) is 0 Å². The van der Waals surface area contributed by atoms with Gasteiger partial charge >= 0.3 is 5.97 Å². The Labute approximate surface area is 229 Å². The van der Waals surface area contributed by atoms with Gasteiger partial charge in [0.1, 0.15) is 5.75 Å². The molecule has 0 fully saturated rings. The van der Waals surface area contributed by atoms with Crippen LogP contribution in [0.4, 0.5) is 0 Å². The van der Waals surface area contributed by atoms with Crippen LogP contribution < -0.4 is 0 Å². The first kappa shape index (κ1) is 33.5. The number of carbonyl (C=O) groups is 1. The summed E-state index contributed by atoms with van der Waals surface area (Å²) in [5.41, 5.74) is 2.59. The molecule has 1 aromatic rings. The standard InChI is InChI=1S/C34H60O3/c1-6-7-8-9-10-11-12-13-14-15-16-17-18-19-20-21-22-23-24-30(33(36)37)26-29-25-28(2)32(35)31(27-29)34(3,4)5/h25,27,30,35H,6-24,26H2,1-5H3,(H,36,37). The summed E-state index contributed by atoms with van der Waals surface area (Å²) in [6.07, 6.45) is 25.5. The summed E-state index contributed by atoms with van der Waals surface area (Å²) in [5, 5.41) is 20.2. The Morgan fingerprint density at radius 2 is 1.14 bits per heavy atom. The topological polar surface area (TPSA) is 57.5 Å². The molecule has 1 aromatic carbocycles. The second-order valence-corrected chi connectivity index (χ2v) is 12.6. The average molecular weight is 517 g/mol. The predicted molar refractivity (Wildman–Crippen MR) is 160 cm³/mol. The van der Waals surface area contributed by atoms with Crippen molar-refractivity contribution in [1.82, 2.24) is 0 Å². The zero-order chi connectivity index (χ0) is 27.5. The van der Waals surface area contributed by atoms with E-state index in [0.29, 0.717) is 12.2 Å². The first-order valence-corrected chi connectivity index (χ1v) is 15.7. The molecule has 0 spiro atoms. The van der Waals surface area contributed by atoms with Gasteiger partial charge in [-0.05, 0) is 41.9 Å². The SMILES string of the molecule is CCCCCCCCCCCCCCCCCCCCC(Cc1cc(C)c(O)c(C(C)(C)C)c1)C(=O)O. The summed E-state index contributed by atoms with van der Waals surface area (Å²) in [4.78, 5) is 11.9. The third kappa shape index (κ3) is 15.5. The van der Waals surface area contributed by atoms with Crippen LogP contribution in [0.5, 0.6) is 5.75 Å². The molecule has 1 rings (SSSR count). The van der Waals surface area contributed by atoms with Crippen molar-refractivity contribution in [2.24, 2.45) is 5.92 Å². The first-order chi connectivity index (χ1) is 17.7. The maximum atomic E-state index is 11.9. The molecule has 0 bridgehead atoms. The van der Waals surface area contributed by atoms with Crippen molar-refractivity contribution in [3.05, 3.63) is 28.8 Å². The van der Waals surface area contributed by atoms with Gasteiger partial charge < -0.3 is 10.2 Å². The monoisotopic (exact) mass is 516 g/mol. The maximum absolute atomic E-state index is 11.9. The van der Waals surface area contributed by atoms with Gasteiger partial charge in [-0.15, -0.1) is 0 Å². The molecule has 0 saturated heterocycles. The van der Waals surface area contributed by atoms with Crippen LogP contribution in [-0.4, -0.2) is 16.2 Å². The zero-order valence-electron chi connectivity index (χ0n) is 25.2. The van der Waals surface area contributed by atoms with Gasteiger partial charge in [-0.1, -0.05) is 155 Å². The molecule has 0 aliphatic carbocycles. The minimum absolute atomic E-state index is 0.170. The number of phenols is 1. The number of aryl methyl sites for hydroxylation is 1. The molecule has 214 valence electrons. The number of aliphatic carboxylic acids is 1. The lowest BCUT2D eigenvalue weighted by Crippen LogP contribution is -2.18. The van der Waals surface area contributed by atoms with Gasteiger partial charge in [-0.25, -0.2) is 0 Å². The zero-order valence-corrected chi connectivity index (χ0v) is 25.2. The van der Waals surface area contributed by atoms with Crippen LogP contribution in [0.3, 0.4) is 0 Å². The van der Waals surface area contributed by atoms with E-state index in [1.165, 1.54) is 103 Å². The number of hydrogen-bond donors (Lipinski definition) is 2. The maximum Gasteiger partial charge on any atom is 0.306 e. The molecule has 0 aromatic heterocycles. The fourth-order valence-corrected chi connectivity index (χ4v) is 5.43. The van der Waals surface area contributed by atoms with Crippen molar-refractivity contribution < 1.29 is 15.0 Å². The van der Waals surface area contributed by atoms with E-state index in [4.69, 9.17) is 0 Å². The number of rotatable bonds is 22. The van der Waals surface area contributed by atoms with E-state index in [1.807, 2.05) is 19.1 Å². The molecule has 0 radical (unpaired) electrons. The highest BCUT2D eigenvalue weighted by atomic mass is 16.4. The lowest BCUT2D eigenvalue weighted by Gasteiger charge is -2.23. The van der Waals surface area contributed by atoms with Crippen LogP contribution in [0.15, 0.2) is 12.1 Å². The second kappa shape index (κ2) is 19.5. The molecule has 3 heteroatoms. The molecule has 3 nitrogen and oxygen atoms in total. The minimum Gasteiger partial charge on any atom is -0.507 e. The van der Waals surface area contributed by atoms with Gasteiger partial charge in [0.25, 0.3) is 0 Å². The van der Waals surface area contributed by atoms with Crippen molar-refractivity contribution in [1.29, 1.82) is 0 Å². The smallest absolute Gasteiger partial charge is 0.306 e. The lowest BCUT2D eigenvalue weighted by molar-refractivity contribution is -0.142. The second-order valence-electron chi connectivity index (χ2n) is 12.6. The van der Waals surface area contributed by atoms with Gasteiger partial charge in [0.05, 0.1) is 5.92 Å². The third-order valence-corrected chi connectivity index (χ3v) is 7.91. The Balaban J connectivity index is 2.11. The first-order valence-electron chi connectivity index (χ1n) is 15.7. The molecule has 0 heterocycles. The number of hydrogen-bond acceptors (Lipinski definition) is 2. The van der Waals surface area contributed by atoms with E-state index < -0.39 is 5.97 Å². The van der Waals surface area contributed by atoms with E-state index in [2.05, 4.69) is 27.7 Å². The Bertz CT molecular complexity index is 731. The molecule has 2 N–H and O–H groups in total. The summed E-state index contributed by atoms with van der Waals surface area (Å²) in [6, 6.07) is 3.96. The van der Waals surface area contributed by atoms with Crippen LogP contribution in [0.25, 0.3) is 0 Å². The van der Waals surface area contributed by atoms with Crippen molar-refractivity contribution in [2.75, 3.05) is 0 Å². The molecule has 0 saturated carbocycles. The Hall–Kier alpha value is -1.51. The van der Waals surface area contributed by atoms with Crippen molar-refractivity contribution in [3.8, 4) is 5.75 Å². The van der Waals surface area contributed by atoms with E-state index >= 15 is 0 Å². The summed E-state index contributed by atoms with van der Waals surface area (Å²) in [5.74, 6) is -0.709. The van der Waals surface area contributed by atoms with Crippen LogP contribution in [0.1, 0.15) is 166 Å². The fourth-order valence-electron chi connectivity index (χ4n) is 5.43. The summed E-state index contributed by atoms with van der Waals surface area (Å²) in [6.45, 7) is 10.4. The number of unbranched alkanes of at least 4 members (excludes halogenated alkanes) is 17. The highest BCUT2D eigenvalue weighted by Gasteiger charge is 2.23. The molecule has 0 aliphatic rings. The average Bonchev–Trinajstić information content (AvgIpc) is 2.83. The number of benzene rings is 1. The van der Waals surface area contributed by atoms with Crippen molar-refractivity contribution in [2.45, 2.75) is 168 Å². The number of carboxylic acids is 1. The number of carboxylic acid groups (broad SMARTS) is 1. The quantitative estimate of drug-likeness (QED) is 0.151. The molecule has 1 unspecified atom stereocenters. The Morgan fingerprint density at radius 1 is 0.730 bits per heavy atom. The highest BCUT2D eigenvalue weighted by Crippen LogP contribution is 2.35. The summed E-state index contributed by atoms with van der Waals surface area (Å²) < 4.78 is 0. The predicted octanol–water partition coefficient (Wildman–Crippen LogP) is 10.7. The van der Waals surface area contributed by atoms with Gasteiger partial charge in [0, 0.05) is 0 Å². The van der Waals surface area contributed by atoms with Crippen LogP contribution in [0, 0.1) is 12.8 Å². The third-order valence-electron chi connectivity index (χ3n) is 7.91. The molecule has 1 atom stereocenters. The molecule has 37 heavy (non-hydrogen) atoms. The van der Waals surface area contributed by atoms with E-state index in [1.54, 1.807) is 0 Å².